The average Bonchev–Trinajstić information content (AvgIpc) is 2.44. The predicted octanol–water partition coefficient (Wildman–Crippen LogP) is 1.61. The van der Waals surface area contributed by atoms with Gasteiger partial charge < -0.3 is 9.84 Å². The van der Waals surface area contributed by atoms with E-state index in [9.17, 15) is 9.50 Å². The van der Waals surface area contributed by atoms with Crippen LogP contribution in [0.3, 0.4) is 0 Å². The summed E-state index contributed by atoms with van der Waals surface area (Å²) in [5.74, 6) is -0.411. The topological polar surface area (TPSA) is 42.4 Å². The molecule has 1 atom stereocenters. The van der Waals surface area contributed by atoms with Crippen LogP contribution in [0.1, 0.15) is 24.8 Å². The predicted molar refractivity (Wildman–Crippen MR) is 52.8 cm³/mol. The minimum absolute atomic E-state index is 0.411. The molecule has 2 rings (SSSR count). The summed E-state index contributed by atoms with van der Waals surface area (Å²) in [5, 5.41) is 10.4. The monoisotopic (exact) mass is 211 g/mol. The van der Waals surface area contributed by atoms with Gasteiger partial charge in [0.2, 0.25) is 0 Å². The van der Waals surface area contributed by atoms with Gasteiger partial charge in [0.05, 0.1) is 11.8 Å². The van der Waals surface area contributed by atoms with Crippen LogP contribution >= 0.6 is 0 Å². The van der Waals surface area contributed by atoms with Gasteiger partial charge in [-0.3, -0.25) is 4.98 Å². The van der Waals surface area contributed by atoms with E-state index in [1.165, 1.54) is 12.3 Å². The molecular weight excluding hydrogens is 197 g/mol. The number of nitrogens with zero attached hydrogens (tertiary/aromatic N) is 1. The first-order valence-corrected chi connectivity index (χ1v) is 5.12. The lowest BCUT2D eigenvalue weighted by molar-refractivity contribution is 0.0138. The van der Waals surface area contributed by atoms with Crippen molar-refractivity contribution in [3.05, 3.63) is 29.8 Å². The van der Waals surface area contributed by atoms with Crippen molar-refractivity contribution in [1.29, 1.82) is 0 Å². The highest BCUT2D eigenvalue weighted by molar-refractivity contribution is 5.19. The van der Waals surface area contributed by atoms with E-state index in [1.54, 1.807) is 0 Å². The van der Waals surface area contributed by atoms with E-state index in [-0.39, 0.29) is 0 Å². The SMILES string of the molecule is OC1(c2cncc(F)c2)CCCOCC1. The zero-order valence-electron chi connectivity index (χ0n) is 8.45. The van der Waals surface area contributed by atoms with Crippen LogP contribution in [0, 0.1) is 5.82 Å². The molecule has 1 aromatic rings. The van der Waals surface area contributed by atoms with E-state index in [2.05, 4.69) is 4.98 Å². The molecule has 1 aliphatic rings. The summed E-state index contributed by atoms with van der Waals surface area (Å²) in [6.07, 6.45) is 4.54. The zero-order chi connectivity index (χ0) is 10.7. The molecular formula is C11H14FNO2. The van der Waals surface area contributed by atoms with Crippen molar-refractivity contribution in [3.63, 3.8) is 0 Å². The molecule has 1 saturated heterocycles. The molecule has 4 heteroatoms. The Kier molecular flexibility index (Phi) is 2.98. The van der Waals surface area contributed by atoms with Gasteiger partial charge in [0.25, 0.3) is 0 Å². The standard InChI is InChI=1S/C11H14FNO2/c12-10-6-9(7-13-8-10)11(14)2-1-4-15-5-3-11/h6-8,14H,1-5H2. The molecule has 1 aliphatic heterocycles. The molecule has 1 aromatic heterocycles. The first kappa shape index (κ1) is 10.5. The Labute approximate surface area is 87.9 Å². The van der Waals surface area contributed by atoms with Gasteiger partial charge in [-0.15, -0.1) is 0 Å². The summed E-state index contributed by atoms with van der Waals surface area (Å²) >= 11 is 0. The number of halogens is 1. The molecule has 1 fully saturated rings. The minimum atomic E-state index is -0.981. The van der Waals surface area contributed by atoms with Gasteiger partial charge in [0, 0.05) is 31.4 Å². The molecule has 0 aliphatic carbocycles. The first-order valence-electron chi connectivity index (χ1n) is 5.12. The molecule has 0 radical (unpaired) electrons. The van der Waals surface area contributed by atoms with Crippen molar-refractivity contribution in [3.8, 4) is 0 Å². The number of pyridine rings is 1. The van der Waals surface area contributed by atoms with Crippen molar-refractivity contribution in [2.45, 2.75) is 24.9 Å². The number of rotatable bonds is 1. The maximum Gasteiger partial charge on any atom is 0.141 e. The highest BCUT2D eigenvalue weighted by Crippen LogP contribution is 2.31. The number of ether oxygens (including phenoxy) is 1. The highest BCUT2D eigenvalue weighted by Gasteiger charge is 2.30. The summed E-state index contributed by atoms with van der Waals surface area (Å²) in [7, 11) is 0. The molecule has 0 aromatic carbocycles. The number of hydrogen-bond donors (Lipinski definition) is 1. The summed E-state index contributed by atoms with van der Waals surface area (Å²) in [4.78, 5) is 3.76. The Bertz CT molecular complexity index is 335. The second-order valence-electron chi connectivity index (χ2n) is 3.89. The normalized spacial score (nSPS) is 27.3. The van der Waals surface area contributed by atoms with E-state index in [1.807, 2.05) is 0 Å². The van der Waals surface area contributed by atoms with Crippen molar-refractivity contribution in [2.24, 2.45) is 0 Å². The third kappa shape index (κ3) is 2.33. The van der Waals surface area contributed by atoms with Crippen molar-refractivity contribution in [1.82, 2.24) is 4.98 Å². The van der Waals surface area contributed by atoms with Crippen LogP contribution in [-0.4, -0.2) is 23.3 Å². The lowest BCUT2D eigenvalue weighted by Gasteiger charge is -2.25. The molecule has 1 unspecified atom stereocenters. The Morgan fingerprint density at radius 2 is 2.20 bits per heavy atom. The summed E-state index contributed by atoms with van der Waals surface area (Å²) in [6, 6.07) is 1.35. The fourth-order valence-electron chi connectivity index (χ4n) is 1.89. The van der Waals surface area contributed by atoms with Gasteiger partial charge in [-0.25, -0.2) is 4.39 Å². The van der Waals surface area contributed by atoms with Gasteiger partial charge in [-0.1, -0.05) is 0 Å². The summed E-state index contributed by atoms with van der Waals surface area (Å²) in [5.41, 5.74) is -0.431. The van der Waals surface area contributed by atoms with Gasteiger partial charge in [-0.2, -0.15) is 0 Å². The Balaban J connectivity index is 2.26. The van der Waals surface area contributed by atoms with E-state index in [0.717, 1.165) is 12.6 Å². The molecule has 15 heavy (non-hydrogen) atoms. The van der Waals surface area contributed by atoms with Gasteiger partial charge in [0.15, 0.2) is 0 Å². The quantitative estimate of drug-likeness (QED) is 0.767. The summed E-state index contributed by atoms with van der Waals surface area (Å²) in [6.45, 7) is 1.16. The molecule has 1 N–H and O–H groups in total. The van der Waals surface area contributed by atoms with E-state index < -0.39 is 11.4 Å². The number of aliphatic hydroxyl groups is 1. The van der Waals surface area contributed by atoms with Gasteiger partial charge in [0.1, 0.15) is 5.82 Å². The van der Waals surface area contributed by atoms with E-state index in [4.69, 9.17) is 4.74 Å². The molecule has 82 valence electrons. The van der Waals surface area contributed by atoms with Crippen LogP contribution < -0.4 is 0 Å². The Morgan fingerprint density at radius 1 is 1.33 bits per heavy atom. The van der Waals surface area contributed by atoms with Crippen LogP contribution in [0.5, 0.6) is 0 Å². The molecule has 0 spiro atoms. The second-order valence-corrected chi connectivity index (χ2v) is 3.89. The molecule has 0 saturated carbocycles. The highest BCUT2D eigenvalue weighted by atomic mass is 19.1. The molecule has 3 nitrogen and oxygen atoms in total. The zero-order valence-corrected chi connectivity index (χ0v) is 8.45. The van der Waals surface area contributed by atoms with Crippen LogP contribution in [0.25, 0.3) is 0 Å². The van der Waals surface area contributed by atoms with E-state index in [0.29, 0.717) is 31.6 Å². The number of aromatic nitrogens is 1. The van der Waals surface area contributed by atoms with Crippen LogP contribution in [0.2, 0.25) is 0 Å². The lowest BCUT2D eigenvalue weighted by atomic mass is 9.88. The average molecular weight is 211 g/mol. The van der Waals surface area contributed by atoms with Gasteiger partial charge >= 0.3 is 0 Å². The fourth-order valence-corrected chi connectivity index (χ4v) is 1.89. The largest absolute Gasteiger partial charge is 0.385 e. The third-order valence-corrected chi connectivity index (χ3v) is 2.78. The van der Waals surface area contributed by atoms with Crippen molar-refractivity contribution in [2.75, 3.05) is 13.2 Å². The fraction of sp³-hybridized carbons (Fsp3) is 0.545. The van der Waals surface area contributed by atoms with Crippen LogP contribution in [-0.2, 0) is 10.3 Å². The Morgan fingerprint density at radius 3 is 3.00 bits per heavy atom. The number of hydrogen-bond acceptors (Lipinski definition) is 3. The van der Waals surface area contributed by atoms with Crippen molar-refractivity contribution >= 4 is 0 Å². The Hall–Kier alpha value is -1.00. The molecule has 2 heterocycles. The maximum absolute atomic E-state index is 13.0. The smallest absolute Gasteiger partial charge is 0.141 e. The van der Waals surface area contributed by atoms with Crippen LogP contribution in [0.4, 0.5) is 4.39 Å². The third-order valence-electron chi connectivity index (χ3n) is 2.78. The van der Waals surface area contributed by atoms with Crippen LogP contribution in [0.15, 0.2) is 18.5 Å². The minimum Gasteiger partial charge on any atom is -0.385 e. The second kappa shape index (κ2) is 4.24. The van der Waals surface area contributed by atoms with Gasteiger partial charge in [-0.05, 0) is 18.9 Å². The molecule has 0 amide bonds. The lowest BCUT2D eigenvalue weighted by Crippen LogP contribution is -2.26. The van der Waals surface area contributed by atoms with Crippen molar-refractivity contribution < 1.29 is 14.2 Å². The first-order chi connectivity index (χ1) is 7.21. The molecule has 0 bridgehead atoms. The summed E-state index contributed by atoms with van der Waals surface area (Å²) < 4.78 is 18.3. The maximum atomic E-state index is 13.0. The van der Waals surface area contributed by atoms with E-state index >= 15 is 0 Å².